The number of hydrogen-bond acceptors (Lipinski definition) is 5. The first-order chi connectivity index (χ1) is 13.5. The van der Waals surface area contributed by atoms with Crippen molar-refractivity contribution in [2.75, 3.05) is 25.6 Å². The van der Waals surface area contributed by atoms with Crippen LogP contribution in [0.2, 0.25) is 0 Å². The minimum atomic E-state index is -0.267. The molecule has 1 amide bonds. The molecule has 0 aliphatic carbocycles. The van der Waals surface area contributed by atoms with Gasteiger partial charge in [0.1, 0.15) is 0 Å². The van der Waals surface area contributed by atoms with E-state index in [-0.39, 0.29) is 12.5 Å². The van der Waals surface area contributed by atoms with Crippen LogP contribution in [-0.2, 0) is 4.79 Å². The Balaban J connectivity index is 2.01. The molecule has 0 atom stereocenters. The number of anilines is 1. The molecule has 0 bridgehead atoms. The molecule has 0 aliphatic heterocycles. The zero-order valence-corrected chi connectivity index (χ0v) is 17.9. The lowest BCUT2D eigenvalue weighted by molar-refractivity contribution is -0.118. The van der Waals surface area contributed by atoms with Gasteiger partial charge in [-0.15, -0.1) is 0 Å². The van der Waals surface area contributed by atoms with Gasteiger partial charge >= 0.3 is 0 Å². The van der Waals surface area contributed by atoms with E-state index >= 15 is 0 Å². The number of carbonyl (C=O) groups is 1. The highest BCUT2D eigenvalue weighted by atomic mass is 79.9. The number of methoxy groups -OCH3 is 1. The summed E-state index contributed by atoms with van der Waals surface area (Å²) in [5.74, 6) is 0.647. The van der Waals surface area contributed by atoms with Crippen LogP contribution in [0.25, 0.3) is 0 Å². The number of rotatable bonds is 8. The minimum absolute atomic E-state index is 0.149. The molecule has 9 heteroatoms. The molecule has 0 spiro atoms. The van der Waals surface area contributed by atoms with Crippen LogP contribution < -0.4 is 25.5 Å². The Kier molecular flexibility index (Phi) is 8.70. The van der Waals surface area contributed by atoms with Gasteiger partial charge in [-0.3, -0.25) is 10.2 Å². The summed E-state index contributed by atoms with van der Waals surface area (Å²) in [5, 5.41) is 10.2. The fraction of sp³-hybridized carbons (Fsp3) is 0.211. The van der Waals surface area contributed by atoms with Gasteiger partial charge in [0, 0.05) is 22.3 Å². The summed E-state index contributed by atoms with van der Waals surface area (Å²) in [6, 6.07) is 12.6. The summed E-state index contributed by atoms with van der Waals surface area (Å²) in [6.45, 7) is 2.50. The summed E-state index contributed by atoms with van der Waals surface area (Å²) in [6.07, 6.45) is 1.60. The third-order valence-electron chi connectivity index (χ3n) is 3.41. The summed E-state index contributed by atoms with van der Waals surface area (Å²) in [5.41, 5.74) is 4.18. The first-order valence-electron chi connectivity index (χ1n) is 8.45. The molecule has 0 aromatic heterocycles. The largest absolute Gasteiger partial charge is 0.493 e. The van der Waals surface area contributed by atoms with Gasteiger partial charge < -0.3 is 20.1 Å². The molecule has 0 radical (unpaired) electrons. The molecule has 0 fully saturated rings. The summed E-state index contributed by atoms with van der Waals surface area (Å²) in [7, 11) is 1.53. The molecule has 0 unspecified atom stereocenters. The van der Waals surface area contributed by atoms with E-state index in [9.17, 15) is 4.79 Å². The Bertz CT molecular complexity index is 847. The van der Waals surface area contributed by atoms with Gasteiger partial charge in [-0.05, 0) is 59.3 Å². The molecular formula is C19H21BrN4O3S. The summed E-state index contributed by atoms with van der Waals surface area (Å²) < 4.78 is 11.7. The van der Waals surface area contributed by atoms with Gasteiger partial charge in [0.05, 0.1) is 13.3 Å². The lowest BCUT2D eigenvalue weighted by Crippen LogP contribution is -2.31. The maximum Gasteiger partial charge on any atom is 0.262 e. The highest BCUT2D eigenvalue weighted by Gasteiger charge is 2.11. The van der Waals surface area contributed by atoms with Gasteiger partial charge in [0.2, 0.25) is 0 Å². The van der Waals surface area contributed by atoms with E-state index in [2.05, 4.69) is 37.1 Å². The molecule has 2 rings (SSSR count). The molecule has 0 heterocycles. The van der Waals surface area contributed by atoms with Crippen molar-refractivity contribution < 1.29 is 14.3 Å². The predicted molar refractivity (Wildman–Crippen MR) is 118 cm³/mol. The first-order valence-corrected chi connectivity index (χ1v) is 9.65. The van der Waals surface area contributed by atoms with Crippen LogP contribution in [0.1, 0.15) is 12.5 Å². The fourth-order valence-electron chi connectivity index (χ4n) is 2.14. The summed E-state index contributed by atoms with van der Waals surface area (Å²) >= 11 is 8.51. The number of amides is 1. The number of ether oxygens (including phenoxy) is 2. The van der Waals surface area contributed by atoms with Gasteiger partial charge in [0.25, 0.3) is 5.91 Å². The van der Waals surface area contributed by atoms with Crippen molar-refractivity contribution in [3.8, 4) is 11.5 Å². The topological polar surface area (TPSA) is 84.0 Å². The third kappa shape index (κ3) is 6.82. The number of carbonyl (C=O) groups excluding carboxylic acids is 1. The molecular weight excluding hydrogens is 444 g/mol. The van der Waals surface area contributed by atoms with Crippen molar-refractivity contribution >= 4 is 51.1 Å². The van der Waals surface area contributed by atoms with E-state index in [1.807, 2.05) is 25.1 Å². The van der Waals surface area contributed by atoms with Gasteiger partial charge in [0.15, 0.2) is 23.2 Å². The molecule has 28 heavy (non-hydrogen) atoms. The van der Waals surface area contributed by atoms with Crippen molar-refractivity contribution in [1.29, 1.82) is 0 Å². The first kappa shape index (κ1) is 21.6. The third-order valence-corrected chi connectivity index (χ3v) is 4.33. The van der Waals surface area contributed by atoms with Crippen LogP contribution in [0, 0.1) is 0 Å². The van der Waals surface area contributed by atoms with E-state index in [0.29, 0.717) is 28.8 Å². The number of hydrogen-bond donors (Lipinski definition) is 3. The van der Waals surface area contributed by atoms with Crippen molar-refractivity contribution in [3.05, 3.63) is 52.5 Å². The SMILES string of the molecule is CCNC(=S)NN=Cc1cc(OC)c(OCC(=O)Nc2ccccc2)cc1Br. The zero-order chi connectivity index (χ0) is 20.4. The van der Waals surface area contributed by atoms with Gasteiger partial charge in [-0.25, -0.2) is 0 Å². The molecule has 148 valence electrons. The molecule has 2 aromatic carbocycles. The number of thiocarbonyl (C=S) groups is 1. The lowest BCUT2D eigenvalue weighted by atomic mass is 10.2. The minimum Gasteiger partial charge on any atom is -0.493 e. The average Bonchev–Trinajstić information content (AvgIpc) is 2.68. The second-order valence-corrected chi connectivity index (χ2v) is 6.72. The Labute approximate surface area is 177 Å². The number of para-hydroxylation sites is 1. The lowest BCUT2D eigenvalue weighted by Gasteiger charge is -2.13. The highest BCUT2D eigenvalue weighted by Crippen LogP contribution is 2.33. The number of hydrazone groups is 1. The Morgan fingerprint density at radius 3 is 2.68 bits per heavy atom. The fourth-order valence-corrected chi connectivity index (χ4v) is 2.77. The van der Waals surface area contributed by atoms with Crippen molar-refractivity contribution in [3.63, 3.8) is 0 Å². The van der Waals surface area contributed by atoms with E-state index in [4.69, 9.17) is 21.7 Å². The second kappa shape index (κ2) is 11.3. The van der Waals surface area contributed by atoms with Crippen LogP contribution in [0.4, 0.5) is 5.69 Å². The number of benzene rings is 2. The number of nitrogens with zero attached hydrogens (tertiary/aromatic N) is 1. The number of nitrogens with one attached hydrogen (secondary N) is 3. The Morgan fingerprint density at radius 2 is 2.00 bits per heavy atom. The zero-order valence-electron chi connectivity index (χ0n) is 15.5. The molecule has 3 N–H and O–H groups in total. The maximum absolute atomic E-state index is 12.1. The molecule has 0 aliphatic rings. The average molecular weight is 465 g/mol. The van der Waals surface area contributed by atoms with Crippen LogP contribution in [0.5, 0.6) is 11.5 Å². The Morgan fingerprint density at radius 1 is 1.25 bits per heavy atom. The highest BCUT2D eigenvalue weighted by molar-refractivity contribution is 9.10. The molecule has 7 nitrogen and oxygen atoms in total. The second-order valence-electron chi connectivity index (χ2n) is 5.46. The van der Waals surface area contributed by atoms with Gasteiger partial charge in [-0.2, -0.15) is 5.10 Å². The van der Waals surface area contributed by atoms with Crippen molar-refractivity contribution in [1.82, 2.24) is 10.7 Å². The summed E-state index contributed by atoms with van der Waals surface area (Å²) in [4.78, 5) is 12.1. The standard InChI is InChI=1S/C19H21BrN4O3S/c1-3-21-19(28)24-22-11-13-9-16(26-2)17(10-15(13)20)27-12-18(25)23-14-7-5-4-6-8-14/h4-11H,3,12H2,1-2H3,(H,23,25)(H2,21,24,28). The normalized spacial score (nSPS) is 10.4. The maximum atomic E-state index is 12.1. The van der Waals surface area contributed by atoms with Crippen LogP contribution in [-0.4, -0.2) is 37.5 Å². The van der Waals surface area contributed by atoms with E-state index < -0.39 is 0 Å². The number of halogens is 1. The van der Waals surface area contributed by atoms with Crippen molar-refractivity contribution in [2.24, 2.45) is 5.10 Å². The monoisotopic (exact) mass is 464 g/mol. The van der Waals surface area contributed by atoms with Crippen LogP contribution >= 0.6 is 28.1 Å². The van der Waals surface area contributed by atoms with Crippen molar-refractivity contribution in [2.45, 2.75) is 6.92 Å². The Hall–Kier alpha value is -2.65. The van der Waals surface area contributed by atoms with E-state index in [1.54, 1.807) is 30.5 Å². The van der Waals surface area contributed by atoms with Gasteiger partial charge in [-0.1, -0.05) is 18.2 Å². The van der Waals surface area contributed by atoms with E-state index in [1.165, 1.54) is 7.11 Å². The van der Waals surface area contributed by atoms with Crippen LogP contribution in [0.15, 0.2) is 52.0 Å². The molecule has 2 aromatic rings. The quantitative estimate of drug-likeness (QED) is 0.315. The van der Waals surface area contributed by atoms with Crippen LogP contribution in [0.3, 0.4) is 0 Å². The molecule has 0 saturated carbocycles. The smallest absolute Gasteiger partial charge is 0.262 e. The van der Waals surface area contributed by atoms with E-state index in [0.717, 1.165) is 10.0 Å². The molecule has 0 saturated heterocycles. The predicted octanol–water partition coefficient (Wildman–Crippen LogP) is 3.29.